The van der Waals surface area contributed by atoms with Gasteiger partial charge in [-0.25, -0.2) is 4.39 Å². The van der Waals surface area contributed by atoms with E-state index in [1.165, 1.54) is 24.3 Å². The van der Waals surface area contributed by atoms with E-state index in [4.69, 9.17) is 4.74 Å². The molecule has 7 heteroatoms. The lowest BCUT2D eigenvalue weighted by Crippen LogP contribution is -2.50. The number of carbonyl (C=O) groups is 2. The van der Waals surface area contributed by atoms with Crippen molar-refractivity contribution < 1.29 is 23.8 Å². The van der Waals surface area contributed by atoms with Crippen LogP contribution < -0.4 is 10.6 Å². The molecule has 2 aromatic carbocycles. The van der Waals surface area contributed by atoms with E-state index in [2.05, 4.69) is 10.6 Å². The summed E-state index contributed by atoms with van der Waals surface area (Å²) in [5.74, 6) is -2.10. The summed E-state index contributed by atoms with van der Waals surface area (Å²) in [6, 6.07) is 14.8. The average Bonchev–Trinajstić information content (AvgIpc) is 2.77. The smallest absolute Gasteiger partial charge is 0.309 e. The highest BCUT2D eigenvalue weighted by atomic mass is 19.1. The molecule has 0 aromatic heterocycles. The van der Waals surface area contributed by atoms with Crippen LogP contribution in [0, 0.1) is 11.7 Å². The van der Waals surface area contributed by atoms with Crippen LogP contribution in [0.4, 0.5) is 4.39 Å². The van der Waals surface area contributed by atoms with Crippen molar-refractivity contribution in [1.29, 1.82) is 0 Å². The Morgan fingerprint density at radius 2 is 1.62 bits per heavy atom. The Balaban J connectivity index is 1.61. The Morgan fingerprint density at radius 3 is 2.28 bits per heavy atom. The van der Waals surface area contributed by atoms with Crippen LogP contribution in [0.1, 0.15) is 24.0 Å². The van der Waals surface area contributed by atoms with Gasteiger partial charge in [0, 0.05) is 19.8 Å². The van der Waals surface area contributed by atoms with Crippen molar-refractivity contribution in [2.45, 2.75) is 25.0 Å². The van der Waals surface area contributed by atoms with Crippen molar-refractivity contribution >= 4 is 11.8 Å². The van der Waals surface area contributed by atoms with Crippen LogP contribution in [0.3, 0.4) is 0 Å². The van der Waals surface area contributed by atoms with Gasteiger partial charge in [-0.1, -0.05) is 42.5 Å². The van der Waals surface area contributed by atoms with Crippen LogP contribution in [0.2, 0.25) is 0 Å². The minimum atomic E-state index is -1.29. The van der Waals surface area contributed by atoms with Gasteiger partial charge in [0.25, 0.3) is 0 Å². The van der Waals surface area contributed by atoms with E-state index in [0.29, 0.717) is 37.2 Å². The van der Waals surface area contributed by atoms with Crippen LogP contribution in [0.5, 0.6) is 0 Å². The number of carbonyl (C=O) groups excluding carboxylic acids is 2. The van der Waals surface area contributed by atoms with Gasteiger partial charge in [0.1, 0.15) is 11.4 Å². The molecule has 2 aromatic rings. The molecule has 1 atom stereocenters. The molecule has 1 heterocycles. The predicted octanol–water partition coefficient (Wildman–Crippen LogP) is 1.87. The minimum absolute atomic E-state index is 0.0789. The lowest BCUT2D eigenvalue weighted by atomic mass is 9.77. The fourth-order valence-electron chi connectivity index (χ4n) is 3.54. The highest BCUT2D eigenvalue weighted by Gasteiger charge is 2.39. The normalized spacial score (nSPS) is 16.6. The van der Waals surface area contributed by atoms with Crippen LogP contribution in [-0.2, 0) is 26.5 Å². The maximum Gasteiger partial charge on any atom is 0.309 e. The number of rotatable bonds is 6. The molecule has 0 radical (unpaired) electrons. The summed E-state index contributed by atoms with van der Waals surface area (Å²) in [6.07, 6.45) is 1.33. The summed E-state index contributed by atoms with van der Waals surface area (Å²) in [7, 11) is 0. The molecule has 6 nitrogen and oxygen atoms in total. The maximum atomic E-state index is 12.9. The molecule has 2 amide bonds. The SMILES string of the molecule is O=C(NCc1ccc(F)cc1)C(=O)NC[C@@](O)(c1ccccc1)C1CCOCC1. The first-order valence-electron chi connectivity index (χ1n) is 9.65. The van der Waals surface area contributed by atoms with Crippen molar-refractivity contribution in [2.75, 3.05) is 19.8 Å². The topological polar surface area (TPSA) is 87.7 Å². The third kappa shape index (κ3) is 5.40. The first-order valence-corrected chi connectivity index (χ1v) is 9.65. The highest BCUT2D eigenvalue weighted by Crippen LogP contribution is 2.35. The molecule has 1 saturated heterocycles. The second-order valence-corrected chi connectivity index (χ2v) is 7.17. The summed E-state index contributed by atoms with van der Waals surface area (Å²) in [6.45, 7) is 1.12. The summed E-state index contributed by atoms with van der Waals surface area (Å²) in [4.78, 5) is 24.4. The van der Waals surface area contributed by atoms with Gasteiger partial charge in [-0.3, -0.25) is 9.59 Å². The number of hydrogen-bond acceptors (Lipinski definition) is 4. The van der Waals surface area contributed by atoms with Crippen molar-refractivity contribution in [2.24, 2.45) is 5.92 Å². The van der Waals surface area contributed by atoms with E-state index in [-0.39, 0.29) is 24.8 Å². The number of nitrogens with one attached hydrogen (secondary N) is 2. The molecule has 3 N–H and O–H groups in total. The zero-order valence-electron chi connectivity index (χ0n) is 16.1. The van der Waals surface area contributed by atoms with E-state index in [1.807, 2.05) is 30.3 Å². The van der Waals surface area contributed by atoms with Gasteiger partial charge in [-0.15, -0.1) is 0 Å². The van der Waals surface area contributed by atoms with Gasteiger partial charge in [-0.2, -0.15) is 0 Å². The molecule has 29 heavy (non-hydrogen) atoms. The van der Waals surface area contributed by atoms with Crippen LogP contribution >= 0.6 is 0 Å². The molecule has 3 rings (SSSR count). The monoisotopic (exact) mass is 400 g/mol. The number of aliphatic hydroxyl groups is 1. The first kappa shape index (κ1) is 21.0. The summed E-state index contributed by atoms with van der Waals surface area (Å²) < 4.78 is 18.3. The van der Waals surface area contributed by atoms with Gasteiger partial charge >= 0.3 is 11.8 Å². The molecule has 1 aliphatic heterocycles. The van der Waals surface area contributed by atoms with Crippen molar-refractivity contribution in [3.63, 3.8) is 0 Å². The second kappa shape index (κ2) is 9.62. The number of halogens is 1. The standard InChI is InChI=1S/C22H25FN2O4/c23-19-8-6-16(7-9-19)14-24-20(26)21(27)25-15-22(28,17-4-2-1-3-5-17)18-10-12-29-13-11-18/h1-9,18,28H,10-15H2,(H,24,26)(H,25,27)/t22-/m1/s1. The van der Waals surface area contributed by atoms with E-state index < -0.39 is 17.4 Å². The van der Waals surface area contributed by atoms with Gasteiger partial charge in [0.2, 0.25) is 0 Å². The molecule has 0 saturated carbocycles. The van der Waals surface area contributed by atoms with E-state index in [1.54, 1.807) is 0 Å². The Bertz CT molecular complexity index is 822. The fourth-order valence-corrected chi connectivity index (χ4v) is 3.54. The number of amides is 2. The second-order valence-electron chi connectivity index (χ2n) is 7.17. The minimum Gasteiger partial charge on any atom is -0.383 e. The van der Waals surface area contributed by atoms with Gasteiger partial charge in [0.15, 0.2) is 0 Å². The summed E-state index contributed by atoms with van der Waals surface area (Å²) in [5, 5.41) is 16.5. The van der Waals surface area contributed by atoms with Crippen LogP contribution in [0.25, 0.3) is 0 Å². The van der Waals surface area contributed by atoms with E-state index >= 15 is 0 Å². The first-order chi connectivity index (χ1) is 14.0. The van der Waals surface area contributed by atoms with Crippen molar-refractivity contribution in [3.8, 4) is 0 Å². The average molecular weight is 400 g/mol. The Kier molecular flexibility index (Phi) is 6.95. The van der Waals surface area contributed by atoms with E-state index in [0.717, 1.165) is 0 Å². The van der Waals surface area contributed by atoms with Crippen LogP contribution in [0.15, 0.2) is 54.6 Å². The Labute approximate surface area is 169 Å². The number of hydrogen-bond donors (Lipinski definition) is 3. The van der Waals surface area contributed by atoms with Gasteiger partial charge in [0.05, 0.1) is 6.54 Å². The largest absolute Gasteiger partial charge is 0.383 e. The van der Waals surface area contributed by atoms with Crippen molar-refractivity contribution in [1.82, 2.24) is 10.6 Å². The molecular formula is C22H25FN2O4. The third-order valence-corrected chi connectivity index (χ3v) is 5.26. The highest BCUT2D eigenvalue weighted by molar-refractivity contribution is 6.35. The van der Waals surface area contributed by atoms with Crippen molar-refractivity contribution in [3.05, 3.63) is 71.5 Å². The molecule has 154 valence electrons. The zero-order valence-corrected chi connectivity index (χ0v) is 16.1. The molecular weight excluding hydrogens is 375 g/mol. The number of ether oxygens (including phenoxy) is 1. The zero-order chi connectivity index (χ0) is 20.7. The molecule has 0 spiro atoms. The van der Waals surface area contributed by atoms with Gasteiger partial charge in [-0.05, 0) is 42.0 Å². The van der Waals surface area contributed by atoms with Gasteiger partial charge < -0.3 is 20.5 Å². The molecule has 0 aliphatic carbocycles. The quantitative estimate of drug-likeness (QED) is 0.646. The summed E-state index contributed by atoms with van der Waals surface area (Å²) >= 11 is 0. The Hall–Kier alpha value is -2.77. The lowest BCUT2D eigenvalue weighted by Gasteiger charge is -2.39. The third-order valence-electron chi connectivity index (χ3n) is 5.26. The molecule has 0 unspecified atom stereocenters. The Morgan fingerprint density at radius 1 is 1.00 bits per heavy atom. The summed E-state index contributed by atoms with van der Waals surface area (Å²) in [5.41, 5.74) is 0.0762. The van der Waals surface area contributed by atoms with E-state index in [9.17, 15) is 19.1 Å². The molecule has 1 aliphatic rings. The number of benzene rings is 2. The fraction of sp³-hybridized carbons (Fsp3) is 0.364. The lowest BCUT2D eigenvalue weighted by molar-refractivity contribution is -0.140. The van der Waals surface area contributed by atoms with Crippen LogP contribution in [-0.4, -0.2) is 36.7 Å². The molecule has 1 fully saturated rings. The molecule has 0 bridgehead atoms. The maximum absolute atomic E-state index is 12.9. The predicted molar refractivity (Wildman–Crippen MR) is 105 cm³/mol.